The Morgan fingerprint density at radius 3 is 1.26 bits per heavy atom. The summed E-state index contributed by atoms with van der Waals surface area (Å²) in [5, 5.41) is 3.05. The zero-order valence-corrected chi connectivity index (χ0v) is 51.4. The summed E-state index contributed by atoms with van der Waals surface area (Å²) in [7, 11) is 1.50. The number of ether oxygens (including phenoxy) is 1. The molecule has 0 radical (unpaired) electrons. The van der Waals surface area contributed by atoms with E-state index in [2.05, 4.69) is 86.8 Å². The van der Waals surface area contributed by atoms with Crippen LogP contribution >= 0.6 is 7.82 Å². The molecule has 1 amide bonds. The smallest absolute Gasteiger partial charge is 0.456 e. The number of hydrogen-bond donors (Lipinski definition) is 2. The lowest BCUT2D eigenvalue weighted by Gasteiger charge is -2.27. The van der Waals surface area contributed by atoms with Crippen molar-refractivity contribution < 1.29 is 37.3 Å². The van der Waals surface area contributed by atoms with Gasteiger partial charge < -0.3 is 19.4 Å². The second-order valence-corrected chi connectivity index (χ2v) is 24.0. The highest BCUT2D eigenvalue weighted by Gasteiger charge is 2.30. The van der Waals surface area contributed by atoms with Crippen molar-refractivity contribution in [1.29, 1.82) is 0 Å². The van der Waals surface area contributed by atoms with E-state index >= 15 is 0 Å². The first kappa shape index (κ1) is 73.5. The van der Waals surface area contributed by atoms with Crippen molar-refractivity contribution in [1.82, 2.24) is 5.32 Å². The normalized spacial score (nSPS) is 14.1. The highest BCUT2D eigenvalue weighted by molar-refractivity contribution is 7.47. The second kappa shape index (κ2) is 55.8. The van der Waals surface area contributed by atoms with Crippen LogP contribution in [0.2, 0.25) is 0 Å². The molecule has 0 aliphatic carbocycles. The minimum atomic E-state index is -4.44. The van der Waals surface area contributed by atoms with Gasteiger partial charge in [0.25, 0.3) is 0 Å². The monoisotopic (exact) mass is 1090 g/mol. The fourth-order valence-corrected chi connectivity index (χ4v) is 9.76. The molecule has 0 aromatic rings. The lowest BCUT2D eigenvalue weighted by Crippen LogP contribution is -2.47. The Bertz CT molecular complexity index is 1530. The van der Waals surface area contributed by atoms with E-state index in [1.54, 1.807) is 0 Å². The maximum atomic E-state index is 13.5. The van der Waals surface area contributed by atoms with Gasteiger partial charge in [0.05, 0.1) is 33.8 Å². The van der Waals surface area contributed by atoms with Crippen LogP contribution in [0.5, 0.6) is 0 Å². The predicted octanol–water partition coefficient (Wildman–Crippen LogP) is 19.6. The van der Waals surface area contributed by atoms with Gasteiger partial charge in [-0.3, -0.25) is 18.6 Å². The van der Waals surface area contributed by atoms with E-state index in [0.717, 1.165) is 89.9 Å². The van der Waals surface area contributed by atoms with E-state index in [1.165, 1.54) is 161 Å². The number of phosphoric acid groups is 1. The highest BCUT2D eigenvalue weighted by Crippen LogP contribution is 2.43. The predicted molar refractivity (Wildman–Crippen MR) is 328 cm³/mol. The number of likely N-dealkylation sites (N-methyl/N-ethyl adjacent to an activating group) is 1. The van der Waals surface area contributed by atoms with Crippen LogP contribution in [-0.4, -0.2) is 74.3 Å². The quantitative estimate of drug-likeness (QED) is 0.0205. The number of carbonyl (C=O) groups is 2. The number of hydrogen-bond acceptors (Lipinski definition) is 6. The van der Waals surface area contributed by atoms with E-state index in [-0.39, 0.29) is 31.5 Å². The van der Waals surface area contributed by atoms with Gasteiger partial charge in [-0.1, -0.05) is 267 Å². The van der Waals surface area contributed by atoms with Crippen molar-refractivity contribution in [3.63, 3.8) is 0 Å². The third kappa shape index (κ3) is 56.2. The van der Waals surface area contributed by atoms with Crippen molar-refractivity contribution in [3.05, 3.63) is 72.9 Å². The standard InChI is InChI=1S/C66H121N2O7P/c1-7-10-13-16-19-22-25-27-28-29-30-31-32-33-34-35-36-37-38-39-40-41-44-47-50-53-56-59-66(70)75-64(57-54-51-48-45-43-26-23-20-17-14-11-8-2)63(62-74-76(71,72)73-61-60-68(4,5)6)67-65(69)58-55-52-49-46-42-24-21-18-15-12-9-3/h10,13,19,22,27-28,30-31,33-34,54,57,63-64H,7-9,11-12,14-18,20-21,23-26,29,32,35-53,55-56,58-62H2,1-6H3,(H-,67,69,71,72)/p+1/b13-10-,22-19-,28-27-,31-30-,34-33-,57-54-. The van der Waals surface area contributed by atoms with Crippen molar-refractivity contribution in [2.24, 2.45) is 0 Å². The Balaban J connectivity index is 5.03. The number of allylic oxidation sites excluding steroid dienone is 11. The number of esters is 1. The Morgan fingerprint density at radius 1 is 0.474 bits per heavy atom. The Labute approximate surface area is 470 Å². The largest absolute Gasteiger partial charge is 0.472 e. The van der Waals surface area contributed by atoms with Gasteiger partial charge in [0.2, 0.25) is 5.91 Å². The van der Waals surface area contributed by atoms with Crippen LogP contribution in [0.4, 0.5) is 0 Å². The Kier molecular flexibility index (Phi) is 53.9. The first-order valence-electron chi connectivity index (χ1n) is 31.8. The minimum Gasteiger partial charge on any atom is -0.456 e. The highest BCUT2D eigenvalue weighted by atomic mass is 31.2. The molecule has 3 atom stereocenters. The van der Waals surface area contributed by atoms with Gasteiger partial charge in [0, 0.05) is 12.8 Å². The summed E-state index contributed by atoms with van der Waals surface area (Å²) >= 11 is 0. The molecule has 0 aromatic carbocycles. The summed E-state index contributed by atoms with van der Waals surface area (Å²) in [5.74, 6) is -0.504. The van der Waals surface area contributed by atoms with Gasteiger partial charge >= 0.3 is 13.8 Å². The number of nitrogens with zero attached hydrogens (tertiary/aromatic N) is 1. The molecule has 0 saturated carbocycles. The summed E-state index contributed by atoms with van der Waals surface area (Å²) < 4.78 is 30.7. The topological polar surface area (TPSA) is 111 Å². The first-order valence-corrected chi connectivity index (χ1v) is 33.3. The van der Waals surface area contributed by atoms with Crippen molar-refractivity contribution in [3.8, 4) is 0 Å². The number of amides is 1. The number of carbonyl (C=O) groups excluding carboxylic acids is 2. The van der Waals surface area contributed by atoms with Crippen molar-refractivity contribution in [2.75, 3.05) is 40.9 Å². The van der Waals surface area contributed by atoms with Gasteiger partial charge in [-0.25, -0.2) is 4.57 Å². The molecule has 0 spiro atoms. The molecule has 0 aromatic heterocycles. The fourth-order valence-electron chi connectivity index (χ4n) is 9.03. The molecule has 0 fully saturated rings. The number of unbranched alkanes of at least 4 members (excludes halogenated alkanes) is 31. The number of nitrogens with one attached hydrogen (secondary N) is 1. The molecule has 0 heterocycles. The lowest BCUT2D eigenvalue weighted by atomic mass is 10.0. The van der Waals surface area contributed by atoms with Crippen LogP contribution < -0.4 is 5.32 Å². The summed E-state index contributed by atoms with van der Waals surface area (Å²) in [6.07, 6.45) is 71.9. The van der Waals surface area contributed by atoms with Crippen LogP contribution in [0.25, 0.3) is 0 Å². The third-order valence-corrected chi connectivity index (χ3v) is 14.9. The molecule has 0 bridgehead atoms. The van der Waals surface area contributed by atoms with Crippen molar-refractivity contribution >= 4 is 19.7 Å². The van der Waals surface area contributed by atoms with Crippen LogP contribution in [0.3, 0.4) is 0 Å². The number of phosphoric ester groups is 1. The Hall–Kier alpha value is -2.55. The molecule has 0 aliphatic heterocycles. The summed E-state index contributed by atoms with van der Waals surface area (Å²) in [6, 6.07) is -0.848. The van der Waals surface area contributed by atoms with Crippen LogP contribution in [0.1, 0.15) is 284 Å². The molecule has 0 saturated heterocycles. The van der Waals surface area contributed by atoms with Gasteiger partial charge in [0.15, 0.2) is 0 Å². The van der Waals surface area contributed by atoms with Crippen LogP contribution in [0, 0.1) is 0 Å². The minimum absolute atomic E-state index is 0.0395. The molecule has 10 heteroatoms. The molecule has 0 rings (SSSR count). The van der Waals surface area contributed by atoms with Gasteiger partial charge in [-0.2, -0.15) is 0 Å². The molecule has 3 unspecified atom stereocenters. The molecule has 442 valence electrons. The second-order valence-electron chi connectivity index (χ2n) is 22.6. The SMILES string of the molecule is CC/C=C\C/C=C\C/C=C\C/C=C\C/C=C\CCCCCCCCCCCCCC(=O)OC(/C=C\CCCCCCCCCCCC)C(COP(=O)(O)OCC[N+](C)(C)C)NC(=O)CCCCCCCCCCCCC. The average Bonchev–Trinajstić information content (AvgIpc) is 3.38. The maximum absolute atomic E-state index is 13.5. The molecule has 0 aliphatic rings. The van der Waals surface area contributed by atoms with Crippen LogP contribution in [0.15, 0.2) is 72.9 Å². The molecule has 76 heavy (non-hydrogen) atoms. The van der Waals surface area contributed by atoms with E-state index in [9.17, 15) is 19.0 Å². The molecule has 9 nitrogen and oxygen atoms in total. The lowest BCUT2D eigenvalue weighted by molar-refractivity contribution is -0.870. The Morgan fingerprint density at radius 2 is 0.842 bits per heavy atom. The van der Waals surface area contributed by atoms with E-state index in [1.807, 2.05) is 33.3 Å². The maximum Gasteiger partial charge on any atom is 0.472 e. The van der Waals surface area contributed by atoms with Crippen molar-refractivity contribution in [2.45, 2.75) is 296 Å². The van der Waals surface area contributed by atoms with Gasteiger partial charge in [-0.05, 0) is 76.7 Å². The molecular weight excluding hydrogens is 964 g/mol. The van der Waals surface area contributed by atoms with Gasteiger partial charge in [-0.15, -0.1) is 0 Å². The summed E-state index contributed by atoms with van der Waals surface area (Å²) in [4.78, 5) is 37.6. The molecule has 2 N–H and O–H groups in total. The van der Waals surface area contributed by atoms with Crippen LogP contribution in [-0.2, 0) is 27.9 Å². The number of rotatable bonds is 57. The van der Waals surface area contributed by atoms with E-state index in [0.29, 0.717) is 17.4 Å². The summed E-state index contributed by atoms with van der Waals surface area (Å²) in [5.41, 5.74) is 0. The van der Waals surface area contributed by atoms with E-state index in [4.69, 9.17) is 13.8 Å². The van der Waals surface area contributed by atoms with Gasteiger partial charge in [0.1, 0.15) is 19.3 Å². The average molecular weight is 1090 g/mol. The van der Waals surface area contributed by atoms with E-state index < -0.39 is 20.0 Å². The third-order valence-electron chi connectivity index (χ3n) is 13.9. The fraction of sp³-hybridized carbons (Fsp3) is 0.788. The first-order chi connectivity index (χ1) is 36.9. The number of quaternary nitrogens is 1. The molecular formula is C66H122N2O7P+. The zero-order chi connectivity index (χ0) is 55.7. The zero-order valence-electron chi connectivity index (χ0n) is 50.5. The summed E-state index contributed by atoms with van der Waals surface area (Å²) in [6.45, 7) is 6.90.